The number of sulfonamides is 1. The van der Waals surface area contributed by atoms with Crippen LogP contribution in [0, 0.1) is 17.2 Å². The fourth-order valence-corrected chi connectivity index (χ4v) is 7.19. The third-order valence-corrected chi connectivity index (χ3v) is 10.00. The van der Waals surface area contributed by atoms with Crippen LogP contribution < -0.4 is 11.1 Å². The van der Waals surface area contributed by atoms with Gasteiger partial charge in [-0.1, -0.05) is 69.9 Å². The minimum absolute atomic E-state index is 0.0384. The highest BCUT2D eigenvalue weighted by atomic mass is 32.2. The number of carbonyl (C=O) groups excluding carboxylic acids is 3. The topological polar surface area (TPSA) is 157 Å². The molecule has 0 saturated carbocycles. The van der Waals surface area contributed by atoms with Crippen molar-refractivity contribution in [3.05, 3.63) is 35.9 Å². The summed E-state index contributed by atoms with van der Waals surface area (Å²) in [6.45, 7) is 5.55. The van der Waals surface area contributed by atoms with Gasteiger partial charge in [0.2, 0.25) is 27.7 Å². The molecule has 2 aliphatic heterocycles. The predicted octanol–water partition coefficient (Wildman–Crippen LogP) is 2.71. The molecule has 2 heterocycles. The van der Waals surface area contributed by atoms with E-state index >= 15 is 0 Å². The van der Waals surface area contributed by atoms with Crippen LogP contribution in [0.2, 0.25) is 0 Å². The number of guanidine groups is 1. The molecule has 1 unspecified atom stereocenters. The van der Waals surface area contributed by atoms with Gasteiger partial charge in [-0.2, -0.15) is 4.31 Å². The van der Waals surface area contributed by atoms with Crippen LogP contribution in [0.3, 0.4) is 0 Å². The molecular weight excluding hydrogens is 568 g/mol. The third kappa shape index (κ3) is 10.0. The van der Waals surface area contributed by atoms with Gasteiger partial charge in [-0.15, -0.1) is 0 Å². The quantitative estimate of drug-likeness (QED) is 0.165. The van der Waals surface area contributed by atoms with Gasteiger partial charge in [-0.25, -0.2) is 8.42 Å². The van der Waals surface area contributed by atoms with Crippen LogP contribution in [0.4, 0.5) is 0 Å². The Labute approximate surface area is 257 Å². The van der Waals surface area contributed by atoms with E-state index in [2.05, 4.69) is 12.2 Å². The molecule has 240 valence electrons. The van der Waals surface area contributed by atoms with Crippen molar-refractivity contribution in [1.29, 1.82) is 5.41 Å². The van der Waals surface area contributed by atoms with Crippen molar-refractivity contribution >= 4 is 33.7 Å². The molecular formula is C31H50N6O5S. The van der Waals surface area contributed by atoms with Crippen molar-refractivity contribution in [2.75, 3.05) is 32.4 Å². The highest BCUT2D eigenvalue weighted by Gasteiger charge is 2.41. The molecule has 0 spiro atoms. The van der Waals surface area contributed by atoms with Gasteiger partial charge in [0.05, 0.1) is 6.26 Å². The maximum atomic E-state index is 13.9. The average Bonchev–Trinajstić information content (AvgIpc) is 3.47. The molecule has 12 heteroatoms. The summed E-state index contributed by atoms with van der Waals surface area (Å²) in [6.07, 6.45) is 8.81. The van der Waals surface area contributed by atoms with Gasteiger partial charge in [0, 0.05) is 32.1 Å². The smallest absolute Gasteiger partial charge is 0.242 e. The van der Waals surface area contributed by atoms with Crippen molar-refractivity contribution in [1.82, 2.24) is 19.4 Å². The van der Waals surface area contributed by atoms with E-state index in [0.717, 1.165) is 43.9 Å². The number of piperidine rings is 1. The van der Waals surface area contributed by atoms with Gasteiger partial charge in [0.1, 0.15) is 12.1 Å². The highest BCUT2D eigenvalue weighted by molar-refractivity contribution is 7.88. The molecule has 2 fully saturated rings. The van der Waals surface area contributed by atoms with Crippen LogP contribution in [0.15, 0.2) is 30.3 Å². The van der Waals surface area contributed by atoms with Crippen molar-refractivity contribution in [3.63, 3.8) is 0 Å². The van der Waals surface area contributed by atoms with Crippen LogP contribution >= 0.6 is 0 Å². The molecule has 3 rings (SSSR count). The summed E-state index contributed by atoms with van der Waals surface area (Å²) in [5.41, 5.74) is 6.42. The SMILES string of the molecule is CCCCCCC(C)C(=O)NC(=N)N1CCC(CN([C@H](Cc2ccccc2)C(=O)N2CCC[C@H]2C(N)=O)S(C)(=O)=O)CC1. The van der Waals surface area contributed by atoms with E-state index in [4.69, 9.17) is 11.1 Å². The number of hydrogen-bond acceptors (Lipinski definition) is 6. The largest absolute Gasteiger partial charge is 0.368 e. The molecule has 0 aliphatic carbocycles. The number of unbranched alkanes of at least 4 members (excludes halogenated alkanes) is 3. The van der Waals surface area contributed by atoms with Crippen LogP contribution in [0.1, 0.15) is 77.2 Å². The van der Waals surface area contributed by atoms with E-state index in [0.29, 0.717) is 45.3 Å². The molecule has 2 aliphatic rings. The summed E-state index contributed by atoms with van der Waals surface area (Å²) in [5.74, 6) is -1.26. The standard InChI is InChI=1S/C31H50N6O5S/c1-4-5-6-8-12-23(2)29(39)34-31(33)35-19-16-25(17-20-35)22-37(43(3,41)42)27(21-24-13-9-7-10-14-24)30(40)36-18-11-15-26(36)28(32)38/h7,9-10,13-14,23,25-27H,4-6,8,11-12,15-22H2,1-3H3,(H2,32,38)(H2,33,34,39)/t23?,26-,27+/m0/s1. The maximum absolute atomic E-state index is 13.9. The molecule has 3 atom stereocenters. The number of nitrogens with one attached hydrogen (secondary N) is 2. The number of amides is 3. The lowest BCUT2D eigenvalue weighted by Gasteiger charge is -2.38. The van der Waals surface area contributed by atoms with Crippen LogP contribution in [-0.4, -0.2) is 90.7 Å². The zero-order chi connectivity index (χ0) is 31.6. The predicted molar refractivity (Wildman–Crippen MR) is 168 cm³/mol. The molecule has 0 aromatic heterocycles. The minimum Gasteiger partial charge on any atom is -0.368 e. The molecule has 1 aromatic carbocycles. The molecule has 0 bridgehead atoms. The second kappa shape index (κ2) is 16.2. The Morgan fingerprint density at radius 3 is 2.35 bits per heavy atom. The van der Waals surface area contributed by atoms with Gasteiger partial charge < -0.3 is 15.5 Å². The van der Waals surface area contributed by atoms with Gasteiger partial charge in [-0.3, -0.25) is 25.1 Å². The summed E-state index contributed by atoms with van der Waals surface area (Å²) in [7, 11) is -3.81. The Hall–Kier alpha value is -2.99. The Morgan fingerprint density at radius 1 is 1.07 bits per heavy atom. The minimum atomic E-state index is -3.81. The first-order valence-electron chi connectivity index (χ1n) is 15.7. The molecule has 2 saturated heterocycles. The number of primary amides is 1. The fraction of sp³-hybridized carbons (Fsp3) is 0.677. The Balaban J connectivity index is 1.67. The second-order valence-corrected chi connectivity index (χ2v) is 14.1. The van der Waals surface area contributed by atoms with Crippen molar-refractivity contribution < 1.29 is 22.8 Å². The highest BCUT2D eigenvalue weighted by Crippen LogP contribution is 2.26. The first-order chi connectivity index (χ1) is 20.4. The summed E-state index contributed by atoms with van der Waals surface area (Å²) in [6, 6.07) is 7.53. The zero-order valence-electron chi connectivity index (χ0n) is 26.0. The third-order valence-electron chi connectivity index (χ3n) is 8.74. The summed E-state index contributed by atoms with van der Waals surface area (Å²) >= 11 is 0. The Kier molecular flexibility index (Phi) is 13.0. The molecule has 0 radical (unpaired) electrons. The summed E-state index contributed by atoms with van der Waals surface area (Å²) < 4.78 is 27.7. The zero-order valence-corrected chi connectivity index (χ0v) is 26.8. The van der Waals surface area contributed by atoms with Crippen molar-refractivity contribution in [3.8, 4) is 0 Å². The molecule has 3 amide bonds. The molecule has 1 aromatic rings. The van der Waals surface area contributed by atoms with Crippen molar-refractivity contribution in [2.45, 2.75) is 90.1 Å². The van der Waals surface area contributed by atoms with E-state index < -0.39 is 33.9 Å². The summed E-state index contributed by atoms with van der Waals surface area (Å²) in [5, 5.41) is 11.2. The lowest BCUT2D eigenvalue weighted by molar-refractivity contribution is -0.140. The van der Waals surface area contributed by atoms with Gasteiger partial charge in [0.25, 0.3) is 0 Å². The number of rotatable bonds is 14. The average molecular weight is 619 g/mol. The van der Waals surface area contributed by atoms with Gasteiger partial charge in [0.15, 0.2) is 5.96 Å². The van der Waals surface area contributed by atoms with E-state index in [1.165, 1.54) is 9.21 Å². The Bertz CT molecular complexity index is 1200. The lowest BCUT2D eigenvalue weighted by atomic mass is 9.95. The fourth-order valence-electron chi connectivity index (χ4n) is 6.08. The number of benzene rings is 1. The number of carbonyl (C=O) groups is 3. The second-order valence-electron chi connectivity index (χ2n) is 12.1. The first-order valence-corrected chi connectivity index (χ1v) is 17.5. The normalized spacial score (nSPS) is 19.3. The van der Waals surface area contributed by atoms with Gasteiger partial charge >= 0.3 is 0 Å². The monoisotopic (exact) mass is 618 g/mol. The number of hydrogen-bond donors (Lipinski definition) is 3. The number of nitrogens with two attached hydrogens (primary N) is 1. The van der Waals surface area contributed by atoms with Crippen LogP contribution in [-0.2, 0) is 30.8 Å². The van der Waals surface area contributed by atoms with E-state index in [-0.39, 0.29) is 36.7 Å². The van der Waals surface area contributed by atoms with Crippen LogP contribution in [0.25, 0.3) is 0 Å². The molecule has 43 heavy (non-hydrogen) atoms. The summed E-state index contributed by atoms with van der Waals surface area (Å²) in [4.78, 5) is 41.9. The van der Waals surface area contributed by atoms with E-state index in [9.17, 15) is 22.8 Å². The lowest BCUT2D eigenvalue weighted by Crippen LogP contribution is -2.56. The van der Waals surface area contributed by atoms with E-state index in [1.807, 2.05) is 42.2 Å². The number of likely N-dealkylation sites (tertiary alicyclic amines) is 2. The Morgan fingerprint density at radius 2 is 1.74 bits per heavy atom. The number of nitrogens with zero attached hydrogens (tertiary/aromatic N) is 3. The first kappa shape index (κ1) is 34.5. The maximum Gasteiger partial charge on any atom is 0.242 e. The molecule has 11 nitrogen and oxygen atoms in total. The van der Waals surface area contributed by atoms with Crippen LogP contribution in [0.5, 0.6) is 0 Å². The van der Waals surface area contributed by atoms with Crippen molar-refractivity contribution in [2.24, 2.45) is 17.6 Å². The molecule has 4 N–H and O–H groups in total. The van der Waals surface area contributed by atoms with E-state index in [1.54, 1.807) is 0 Å². The van der Waals surface area contributed by atoms with Gasteiger partial charge in [-0.05, 0) is 50.0 Å².